The van der Waals surface area contributed by atoms with Gasteiger partial charge in [-0.05, 0) is 24.1 Å². The Kier molecular flexibility index (Phi) is 3.02. The van der Waals surface area contributed by atoms with Crippen LogP contribution in [-0.4, -0.2) is 15.2 Å². The molecule has 0 aliphatic heterocycles. The summed E-state index contributed by atoms with van der Waals surface area (Å²) < 4.78 is 0. The monoisotopic (exact) mass is 221 g/mol. The third-order valence-corrected chi connectivity index (χ3v) is 2.60. The summed E-state index contributed by atoms with van der Waals surface area (Å²) in [5.41, 5.74) is 3.16. The maximum atomic E-state index is 5.97. The molecule has 0 amide bonds. The minimum absolute atomic E-state index is 0.560. The summed E-state index contributed by atoms with van der Waals surface area (Å²) >= 11 is 5.97. The molecule has 4 heteroatoms. The minimum atomic E-state index is 0.560. The molecule has 0 saturated carbocycles. The van der Waals surface area contributed by atoms with Gasteiger partial charge in [-0.3, -0.25) is 5.10 Å². The van der Waals surface area contributed by atoms with Crippen molar-refractivity contribution in [2.45, 2.75) is 19.8 Å². The maximum absolute atomic E-state index is 5.97. The number of pyridine rings is 1. The van der Waals surface area contributed by atoms with Crippen molar-refractivity contribution < 1.29 is 0 Å². The Morgan fingerprint density at radius 3 is 3.00 bits per heavy atom. The molecule has 2 aromatic rings. The number of hydrogen-bond acceptors (Lipinski definition) is 2. The van der Waals surface area contributed by atoms with Crippen LogP contribution in [0.1, 0.15) is 23.9 Å². The standard InChI is InChI=1S/C11H12ClN3/c1-2-9-7-10(15-14-9)6-8-4-3-5-13-11(8)12/h3-5,7H,2,6H2,1H3,(H,14,15). The molecular weight excluding hydrogens is 210 g/mol. The highest BCUT2D eigenvalue weighted by molar-refractivity contribution is 6.30. The van der Waals surface area contributed by atoms with Crippen LogP contribution in [0.2, 0.25) is 5.15 Å². The van der Waals surface area contributed by atoms with Crippen LogP contribution in [0.3, 0.4) is 0 Å². The van der Waals surface area contributed by atoms with Crippen LogP contribution in [0, 0.1) is 0 Å². The highest BCUT2D eigenvalue weighted by atomic mass is 35.5. The van der Waals surface area contributed by atoms with Crippen molar-refractivity contribution in [1.29, 1.82) is 0 Å². The van der Waals surface area contributed by atoms with Crippen molar-refractivity contribution in [2.75, 3.05) is 0 Å². The van der Waals surface area contributed by atoms with E-state index in [1.54, 1.807) is 6.20 Å². The smallest absolute Gasteiger partial charge is 0.132 e. The van der Waals surface area contributed by atoms with Crippen LogP contribution in [0.5, 0.6) is 0 Å². The van der Waals surface area contributed by atoms with Crippen molar-refractivity contribution in [3.63, 3.8) is 0 Å². The average molecular weight is 222 g/mol. The second kappa shape index (κ2) is 4.45. The lowest BCUT2D eigenvalue weighted by molar-refractivity contribution is 0.944. The summed E-state index contributed by atoms with van der Waals surface area (Å²) in [6, 6.07) is 5.92. The van der Waals surface area contributed by atoms with Crippen molar-refractivity contribution in [3.05, 3.63) is 46.5 Å². The Morgan fingerprint density at radius 1 is 1.47 bits per heavy atom. The molecule has 78 valence electrons. The molecule has 2 aromatic heterocycles. The van der Waals surface area contributed by atoms with Crippen LogP contribution in [0.15, 0.2) is 24.4 Å². The van der Waals surface area contributed by atoms with Gasteiger partial charge in [-0.25, -0.2) is 4.98 Å². The van der Waals surface area contributed by atoms with E-state index in [1.807, 2.05) is 12.1 Å². The zero-order valence-corrected chi connectivity index (χ0v) is 9.25. The van der Waals surface area contributed by atoms with Crippen molar-refractivity contribution >= 4 is 11.6 Å². The van der Waals surface area contributed by atoms with E-state index >= 15 is 0 Å². The molecule has 0 atom stereocenters. The van der Waals surface area contributed by atoms with Gasteiger partial charge in [0.05, 0.1) is 5.69 Å². The number of rotatable bonds is 3. The van der Waals surface area contributed by atoms with Gasteiger partial charge in [0.15, 0.2) is 0 Å². The lowest BCUT2D eigenvalue weighted by Crippen LogP contribution is -1.91. The molecule has 0 fully saturated rings. The predicted octanol–water partition coefficient (Wildman–Crippen LogP) is 2.61. The van der Waals surface area contributed by atoms with Crippen molar-refractivity contribution in [3.8, 4) is 0 Å². The summed E-state index contributed by atoms with van der Waals surface area (Å²) in [4.78, 5) is 4.03. The summed E-state index contributed by atoms with van der Waals surface area (Å²) in [6.45, 7) is 2.08. The lowest BCUT2D eigenvalue weighted by Gasteiger charge is -1.99. The summed E-state index contributed by atoms with van der Waals surface area (Å²) in [6.07, 6.45) is 3.38. The second-order valence-electron chi connectivity index (χ2n) is 3.37. The maximum Gasteiger partial charge on any atom is 0.132 e. The Bertz CT molecular complexity index is 451. The number of H-pyrrole nitrogens is 1. The summed E-state index contributed by atoms with van der Waals surface area (Å²) in [5.74, 6) is 0. The minimum Gasteiger partial charge on any atom is -0.282 e. The number of hydrogen-bond donors (Lipinski definition) is 1. The first kappa shape index (κ1) is 10.2. The second-order valence-corrected chi connectivity index (χ2v) is 3.73. The normalized spacial score (nSPS) is 10.5. The molecule has 0 aliphatic rings. The molecule has 0 saturated heterocycles. The van der Waals surface area contributed by atoms with E-state index in [1.165, 1.54) is 0 Å². The van der Waals surface area contributed by atoms with E-state index in [-0.39, 0.29) is 0 Å². The number of aryl methyl sites for hydroxylation is 1. The first-order chi connectivity index (χ1) is 7.29. The van der Waals surface area contributed by atoms with E-state index < -0.39 is 0 Å². The largest absolute Gasteiger partial charge is 0.282 e. The average Bonchev–Trinajstić information content (AvgIpc) is 2.69. The molecular formula is C11H12ClN3. The molecule has 1 N–H and O–H groups in total. The Morgan fingerprint density at radius 2 is 2.33 bits per heavy atom. The van der Waals surface area contributed by atoms with Gasteiger partial charge in [-0.2, -0.15) is 5.10 Å². The molecule has 0 aliphatic carbocycles. The van der Waals surface area contributed by atoms with E-state index in [2.05, 4.69) is 28.2 Å². The molecule has 0 radical (unpaired) electrons. The van der Waals surface area contributed by atoms with Gasteiger partial charge in [-0.1, -0.05) is 24.6 Å². The predicted molar refractivity (Wildman–Crippen MR) is 60.0 cm³/mol. The van der Waals surface area contributed by atoms with Gasteiger partial charge in [-0.15, -0.1) is 0 Å². The van der Waals surface area contributed by atoms with Gasteiger partial charge in [0, 0.05) is 18.3 Å². The third-order valence-electron chi connectivity index (χ3n) is 2.26. The van der Waals surface area contributed by atoms with Crippen molar-refractivity contribution in [1.82, 2.24) is 15.2 Å². The fraction of sp³-hybridized carbons (Fsp3) is 0.273. The highest BCUT2D eigenvalue weighted by Crippen LogP contribution is 2.15. The molecule has 0 spiro atoms. The molecule has 0 unspecified atom stereocenters. The van der Waals surface area contributed by atoms with Crippen LogP contribution in [-0.2, 0) is 12.8 Å². The third kappa shape index (κ3) is 2.36. The highest BCUT2D eigenvalue weighted by Gasteiger charge is 2.04. The topological polar surface area (TPSA) is 41.6 Å². The number of aromatic nitrogens is 3. The van der Waals surface area contributed by atoms with E-state index in [9.17, 15) is 0 Å². The molecule has 2 heterocycles. The molecule has 3 nitrogen and oxygen atoms in total. The van der Waals surface area contributed by atoms with Gasteiger partial charge < -0.3 is 0 Å². The zero-order chi connectivity index (χ0) is 10.7. The number of aromatic amines is 1. The Hall–Kier alpha value is -1.35. The van der Waals surface area contributed by atoms with Crippen LogP contribution in [0.25, 0.3) is 0 Å². The first-order valence-corrected chi connectivity index (χ1v) is 5.30. The first-order valence-electron chi connectivity index (χ1n) is 4.92. The number of nitrogens with one attached hydrogen (secondary N) is 1. The molecule has 0 aromatic carbocycles. The quantitative estimate of drug-likeness (QED) is 0.810. The zero-order valence-electron chi connectivity index (χ0n) is 8.50. The van der Waals surface area contributed by atoms with Crippen molar-refractivity contribution in [2.24, 2.45) is 0 Å². The van der Waals surface area contributed by atoms with Gasteiger partial charge in [0.25, 0.3) is 0 Å². The van der Waals surface area contributed by atoms with Crippen LogP contribution in [0.4, 0.5) is 0 Å². The molecule has 0 bridgehead atoms. The van der Waals surface area contributed by atoms with Gasteiger partial charge in [0.1, 0.15) is 5.15 Å². The summed E-state index contributed by atoms with van der Waals surface area (Å²) in [7, 11) is 0. The fourth-order valence-electron chi connectivity index (χ4n) is 1.44. The van der Waals surface area contributed by atoms with E-state index in [0.717, 1.165) is 29.8 Å². The van der Waals surface area contributed by atoms with E-state index in [4.69, 9.17) is 11.6 Å². The van der Waals surface area contributed by atoms with E-state index in [0.29, 0.717) is 5.15 Å². The van der Waals surface area contributed by atoms with Crippen LogP contribution < -0.4 is 0 Å². The van der Waals surface area contributed by atoms with Crippen LogP contribution >= 0.6 is 11.6 Å². The summed E-state index contributed by atoms with van der Waals surface area (Å²) in [5, 5.41) is 7.73. The van der Waals surface area contributed by atoms with Gasteiger partial charge in [0.2, 0.25) is 0 Å². The molecule has 2 rings (SSSR count). The SMILES string of the molecule is CCc1cc(Cc2cccnc2Cl)[nH]n1. The van der Waals surface area contributed by atoms with Gasteiger partial charge >= 0.3 is 0 Å². The molecule has 15 heavy (non-hydrogen) atoms. The number of halogens is 1. The Balaban J connectivity index is 2.18. The lowest BCUT2D eigenvalue weighted by atomic mass is 10.1. The number of nitrogens with zero attached hydrogens (tertiary/aromatic N) is 2. The fourth-order valence-corrected chi connectivity index (χ4v) is 1.62. The Labute approximate surface area is 93.5 Å².